The third-order valence-electron chi connectivity index (χ3n) is 4.90. The molecule has 0 radical (unpaired) electrons. The van der Waals surface area contributed by atoms with E-state index in [0.717, 1.165) is 12.8 Å². The number of amides is 4. The standard InChI is InChI=1S/C16H28N4O3/c1-15(2,10-17)11-19(3)12(21)6-9-20-13(22)16(18-14(20)23)7-4-5-8-16/h4-11,17H2,1-3H3,(H,18,23). The van der Waals surface area contributed by atoms with Crippen LogP contribution in [0.1, 0.15) is 46.0 Å². The Kier molecular flexibility index (Phi) is 4.98. The average Bonchev–Trinajstić information content (AvgIpc) is 3.04. The van der Waals surface area contributed by atoms with Crippen molar-refractivity contribution in [2.75, 3.05) is 26.7 Å². The van der Waals surface area contributed by atoms with Crippen molar-refractivity contribution in [2.45, 2.75) is 51.5 Å². The minimum Gasteiger partial charge on any atom is -0.345 e. The van der Waals surface area contributed by atoms with Crippen molar-refractivity contribution >= 4 is 17.8 Å². The number of nitrogens with zero attached hydrogens (tertiary/aromatic N) is 2. The Hall–Kier alpha value is -1.63. The molecule has 1 aliphatic heterocycles. The van der Waals surface area contributed by atoms with Gasteiger partial charge in [-0.15, -0.1) is 0 Å². The molecule has 2 fully saturated rings. The Balaban J connectivity index is 1.89. The summed E-state index contributed by atoms with van der Waals surface area (Å²) in [5.74, 6) is -0.253. The van der Waals surface area contributed by atoms with Gasteiger partial charge < -0.3 is 16.0 Å². The molecule has 130 valence electrons. The lowest BCUT2D eigenvalue weighted by Gasteiger charge is -2.29. The van der Waals surface area contributed by atoms with Gasteiger partial charge in [-0.2, -0.15) is 0 Å². The van der Waals surface area contributed by atoms with Crippen LogP contribution in [-0.4, -0.2) is 59.9 Å². The molecule has 1 saturated heterocycles. The summed E-state index contributed by atoms with van der Waals surface area (Å²) in [6.45, 7) is 5.17. The van der Waals surface area contributed by atoms with E-state index in [1.807, 2.05) is 13.8 Å². The van der Waals surface area contributed by atoms with E-state index < -0.39 is 5.54 Å². The maximum absolute atomic E-state index is 12.5. The van der Waals surface area contributed by atoms with E-state index in [1.54, 1.807) is 11.9 Å². The summed E-state index contributed by atoms with van der Waals surface area (Å²) in [4.78, 5) is 39.6. The molecule has 0 atom stereocenters. The van der Waals surface area contributed by atoms with Crippen LogP contribution >= 0.6 is 0 Å². The number of rotatable bonds is 6. The number of nitrogens with two attached hydrogens (primary N) is 1. The fourth-order valence-corrected chi connectivity index (χ4v) is 3.39. The van der Waals surface area contributed by atoms with Crippen molar-refractivity contribution in [3.63, 3.8) is 0 Å². The Bertz CT molecular complexity index is 498. The first-order valence-corrected chi connectivity index (χ1v) is 8.29. The lowest BCUT2D eigenvalue weighted by molar-refractivity contribution is -0.133. The summed E-state index contributed by atoms with van der Waals surface area (Å²) >= 11 is 0. The van der Waals surface area contributed by atoms with Crippen molar-refractivity contribution in [2.24, 2.45) is 11.1 Å². The van der Waals surface area contributed by atoms with Crippen molar-refractivity contribution < 1.29 is 14.4 Å². The second kappa shape index (κ2) is 6.47. The molecule has 0 bridgehead atoms. The molecule has 3 N–H and O–H groups in total. The molecule has 1 saturated carbocycles. The van der Waals surface area contributed by atoms with E-state index in [0.29, 0.717) is 25.9 Å². The quantitative estimate of drug-likeness (QED) is 0.703. The van der Waals surface area contributed by atoms with E-state index in [-0.39, 0.29) is 36.2 Å². The first-order valence-electron chi connectivity index (χ1n) is 8.29. The van der Waals surface area contributed by atoms with E-state index >= 15 is 0 Å². The minimum atomic E-state index is -0.701. The first-order chi connectivity index (χ1) is 10.7. The fourth-order valence-electron chi connectivity index (χ4n) is 3.39. The van der Waals surface area contributed by atoms with Crippen LogP contribution in [0, 0.1) is 5.41 Å². The second-order valence-corrected chi connectivity index (χ2v) is 7.54. The number of carbonyl (C=O) groups excluding carboxylic acids is 3. The first kappa shape index (κ1) is 17.7. The molecule has 0 aromatic rings. The Morgan fingerprint density at radius 2 is 1.96 bits per heavy atom. The van der Waals surface area contributed by atoms with Crippen molar-refractivity contribution in [1.29, 1.82) is 0 Å². The Morgan fingerprint density at radius 3 is 2.52 bits per heavy atom. The average molecular weight is 324 g/mol. The predicted octanol–water partition coefficient (Wildman–Crippen LogP) is 0.684. The van der Waals surface area contributed by atoms with E-state index in [4.69, 9.17) is 5.73 Å². The van der Waals surface area contributed by atoms with Gasteiger partial charge in [0, 0.05) is 26.6 Å². The molecule has 4 amide bonds. The van der Waals surface area contributed by atoms with Gasteiger partial charge in [-0.25, -0.2) is 4.79 Å². The van der Waals surface area contributed by atoms with Gasteiger partial charge >= 0.3 is 6.03 Å². The van der Waals surface area contributed by atoms with Crippen LogP contribution in [0.3, 0.4) is 0 Å². The molecule has 7 heteroatoms. The zero-order valence-electron chi connectivity index (χ0n) is 14.4. The summed E-state index contributed by atoms with van der Waals surface area (Å²) in [5, 5.41) is 2.83. The second-order valence-electron chi connectivity index (χ2n) is 7.54. The van der Waals surface area contributed by atoms with Crippen LogP contribution < -0.4 is 11.1 Å². The van der Waals surface area contributed by atoms with Crippen LogP contribution in [-0.2, 0) is 9.59 Å². The molecule has 1 aliphatic carbocycles. The lowest BCUT2D eigenvalue weighted by atomic mass is 9.93. The van der Waals surface area contributed by atoms with Gasteiger partial charge in [0.2, 0.25) is 5.91 Å². The molecule has 7 nitrogen and oxygen atoms in total. The van der Waals surface area contributed by atoms with Crippen LogP contribution in [0.15, 0.2) is 0 Å². The molecule has 2 rings (SSSR count). The van der Waals surface area contributed by atoms with Gasteiger partial charge in [-0.3, -0.25) is 14.5 Å². The summed E-state index contributed by atoms with van der Waals surface area (Å²) in [6.07, 6.45) is 3.46. The van der Waals surface area contributed by atoms with Crippen LogP contribution in [0.25, 0.3) is 0 Å². The summed E-state index contributed by atoms with van der Waals surface area (Å²) < 4.78 is 0. The highest BCUT2D eigenvalue weighted by atomic mass is 16.2. The zero-order chi connectivity index (χ0) is 17.3. The molecule has 1 heterocycles. The van der Waals surface area contributed by atoms with Gasteiger partial charge in [-0.05, 0) is 24.8 Å². The third kappa shape index (κ3) is 3.65. The SMILES string of the molecule is CN(CC(C)(C)CN)C(=O)CCN1C(=O)NC2(CCCC2)C1=O. The highest BCUT2D eigenvalue weighted by Gasteiger charge is 2.52. The molecule has 23 heavy (non-hydrogen) atoms. The summed E-state index contributed by atoms with van der Waals surface area (Å²) in [7, 11) is 1.73. The number of nitrogens with one attached hydrogen (secondary N) is 1. The largest absolute Gasteiger partial charge is 0.345 e. The number of hydrogen-bond acceptors (Lipinski definition) is 4. The summed E-state index contributed by atoms with van der Waals surface area (Å²) in [5.41, 5.74) is 4.83. The zero-order valence-corrected chi connectivity index (χ0v) is 14.4. The van der Waals surface area contributed by atoms with E-state index in [1.165, 1.54) is 4.90 Å². The topological polar surface area (TPSA) is 95.7 Å². The van der Waals surface area contributed by atoms with Crippen LogP contribution in [0.2, 0.25) is 0 Å². The van der Waals surface area contributed by atoms with Gasteiger partial charge in [0.25, 0.3) is 5.91 Å². The van der Waals surface area contributed by atoms with Gasteiger partial charge in [0.15, 0.2) is 0 Å². The maximum Gasteiger partial charge on any atom is 0.325 e. The predicted molar refractivity (Wildman–Crippen MR) is 86.5 cm³/mol. The van der Waals surface area contributed by atoms with Gasteiger partial charge in [0.05, 0.1) is 0 Å². The number of urea groups is 1. The Morgan fingerprint density at radius 1 is 1.35 bits per heavy atom. The van der Waals surface area contributed by atoms with E-state index in [9.17, 15) is 14.4 Å². The molecule has 0 aromatic heterocycles. The third-order valence-corrected chi connectivity index (χ3v) is 4.90. The van der Waals surface area contributed by atoms with Crippen LogP contribution in [0.5, 0.6) is 0 Å². The highest BCUT2D eigenvalue weighted by Crippen LogP contribution is 2.35. The highest BCUT2D eigenvalue weighted by molar-refractivity contribution is 6.07. The monoisotopic (exact) mass is 324 g/mol. The van der Waals surface area contributed by atoms with E-state index in [2.05, 4.69) is 5.32 Å². The Labute approximate surface area is 137 Å². The number of carbonyl (C=O) groups is 3. The lowest BCUT2D eigenvalue weighted by Crippen LogP contribution is -2.44. The van der Waals surface area contributed by atoms with Gasteiger partial charge in [-0.1, -0.05) is 26.7 Å². The summed E-state index contributed by atoms with van der Waals surface area (Å²) in [6, 6.07) is -0.366. The fraction of sp³-hybridized carbons (Fsp3) is 0.812. The smallest absolute Gasteiger partial charge is 0.325 e. The van der Waals surface area contributed by atoms with Crippen molar-refractivity contribution in [3.05, 3.63) is 0 Å². The van der Waals surface area contributed by atoms with Crippen molar-refractivity contribution in [3.8, 4) is 0 Å². The normalized spacial score (nSPS) is 20.3. The molecule has 1 spiro atoms. The molecule has 0 aromatic carbocycles. The number of hydrogen-bond donors (Lipinski definition) is 2. The molecule has 0 unspecified atom stereocenters. The molecular weight excluding hydrogens is 296 g/mol. The van der Waals surface area contributed by atoms with Crippen LogP contribution in [0.4, 0.5) is 4.79 Å². The maximum atomic E-state index is 12.5. The minimum absolute atomic E-state index is 0.0838. The van der Waals surface area contributed by atoms with Gasteiger partial charge in [0.1, 0.15) is 5.54 Å². The number of imide groups is 1. The molecule has 2 aliphatic rings. The van der Waals surface area contributed by atoms with Crippen molar-refractivity contribution in [1.82, 2.24) is 15.1 Å². The molecular formula is C16H28N4O3.